The average Bonchev–Trinajstić information content (AvgIpc) is 3.12. The fraction of sp³-hybridized carbons (Fsp3) is 0.250. The molecule has 146 valence electrons. The molecule has 0 spiro atoms. The summed E-state index contributed by atoms with van der Waals surface area (Å²) in [7, 11) is 4.44. The van der Waals surface area contributed by atoms with E-state index in [0.717, 1.165) is 16.8 Å². The number of ether oxygens (including phenoxy) is 2. The second-order valence-electron chi connectivity index (χ2n) is 5.81. The molecule has 1 heterocycles. The Labute approximate surface area is 162 Å². The molecule has 2 aromatic rings. The van der Waals surface area contributed by atoms with Crippen LogP contribution in [0.15, 0.2) is 52.8 Å². The van der Waals surface area contributed by atoms with E-state index in [9.17, 15) is 4.79 Å². The molecule has 0 unspecified atom stereocenters. The first kappa shape index (κ1) is 19.2. The first-order valence-electron chi connectivity index (χ1n) is 8.59. The Hall–Kier alpha value is -3.55. The van der Waals surface area contributed by atoms with E-state index in [1.54, 1.807) is 12.1 Å². The van der Waals surface area contributed by atoms with Gasteiger partial charge < -0.3 is 24.5 Å². The number of fused-ring (bicyclic) bond motifs is 1. The molecule has 0 atom stereocenters. The number of hydrogen-bond acceptors (Lipinski definition) is 7. The predicted molar refractivity (Wildman–Crippen MR) is 104 cm³/mol. The number of rotatable bonds is 7. The third kappa shape index (κ3) is 4.06. The van der Waals surface area contributed by atoms with Gasteiger partial charge in [-0.1, -0.05) is 34.6 Å². The van der Waals surface area contributed by atoms with Gasteiger partial charge in [0.1, 0.15) is 44.6 Å². The minimum atomic E-state index is -0.342. The Morgan fingerprint density at radius 2 is 2.00 bits per heavy atom. The molecular weight excluding hydrogens is 362 g/mol. The lowest BCUT2D eigenvalue weighted by Crippen LogP contribution is -2.29. The van der Waals surface area contributed by atoms with E-state index >= 15 is 0 Å². The molecule has 8 heteroatoms. The van der Waals surface area contributed by atoms with Gasteiger partial charge in [0.15, 0.2) is 5.71 Å². The van der Waals surface area contributed by atoms with Crippen molar-refractivity contribution in [1.82, 2.24) is 5.32 Å². The van der Waals surface area contributed by atoms with Crippen molar-refractivity contribution in [1.29, 1.82) is 0 Å². The molecule has 0 radical (unpaired) electrons. The Balaban J connectivity index is 1.80. The minimum Gasteiger partial charge on any atom is -0.489 e. The molecule has 1 amide bonds. The fourth-order valence-corrected chi connectivity index (χ4v) is 2.82. The van der Waals surface area contributed by atoms with Gasteiger partial charge in [-0.05, 0) is 17.7 Å². The largest absolute Gasteiger partial charge is 0.489 e. The zero-order valence-electron chi connectivity index (χ0n) is 15.9. The van der Waals surface area contributed by atoms with Crippen LogP contribution in [0, 0.1) is 0 Å². The molecule has 0 fully saturated rings. The van der Waals surface area contributed by atoms with Gasteiger partial charge in [-0.2, -0.15) is 0 Å². The summed E-state index contributed by atoms with van der Waals surface area (Å²) in [5.74, 6) is 0.983. The minimum absolute atomic E-state index is 0.182. The normalized spacial score (nSPS) is 14.2. The summed E-state index contributed by atoms with van der Waals surface area (Å²) in [6.07, 6.45) is 0. The lowest BCUT2D eigenvalue weighted by atomic mass is 10.0. The SMILES string of the molecule is CNC(=O)C(=NOC)c1ccccc1COc1ccc2c(c1)OCC2=NOC. The molecule has 1 aliphatic rings. The summed E-state index contributed by atoms with van der Waals surface area (Å²) in [6, 6.07) is 12.9. The number of benzene rings is 2. The van der Waals surface area contributed by atoms with E-state index < -0.39 is 0 Å². The fourth-order valence-electron chi connectivity index (χ4n) is 2.82. The molecule has 0 saturated carbocycles. The number of carbonyl (C=O) groups excluding carboxylic acids is 1. The summed E-state index contributed by atoms with van der Waals surface area (Å²) < 4.78 is 11.5. The van der Waals surface area contributed by atoms with Gasteiger partial charge in [-0.3, -0.25) is 4.79 Å². The third-order valence-electron chi connectivity index (χ3n) is 4.12. The standard InChI is InChI=1S/C20H21N3O5/c1-21-20(24)19(23-26-3)15-7-5-4-6-13(15)11-27-14-8-9-16-17(22-25-2)12-28-18(16)10-14/h4-10H,11-12H2,1-3H3,(H,21,24). The van der Waals surface area contributed by atoms with Gasteiger partial charge >= 0.3 is 0 Å². The first-order valence-corrected chi connectivity index (χ1v) is 8.59. The smallest absolute Gasteiger partial charge is 0.273 e. The first-order chi connectivity index (χ1) is 13.7. The van der Waals surface area contributed by atoms with Crippen LogP contribution in [0.25, 0.3) is 0 Å². The molecule has 28 heavy (non-hydrogen) atoms. The van der Waals surface area contributed by atoms with Crippen LogP contribution >= 0.6 is 0 Å². The Bertz CT molecular complexity index is 924. The van der Waals surface area contributed by atoms with Gasteiger partial charge in [0.05, 0.1) is 0 Å². The van der Waals surface area contributed by atoms with Gasteiger partial charge in [0.25, 0.3) is 5.91 Å². The quantitative estimate of drug-likeness (QED) is 0.584. The topological polar surface area (TPSA) is 90.7 Å². The van der Waals surface area contributed by atoms with Crippen molar-refractivity contribution in [2.45, 2.75) is 6.61 Å². The van der Waals surface area contributed by atoms with Crippen LogP contribution in [-0.2, 0) is 21.1 Å². The van der Waals surface area contributed by atoms with Gasteiger partial charge in [0, 0.05) is 24.2 Å². The van der Waals surface area contributed by atoms with Crippen molar-refractivity contribution in [3.05, 3.63) is 59.2 Å². The molecule has 2 aromatic carbocycles. The second kappa shape index (κ2) is 8.90. The van der Waals surface area contributed by atoms with Crippen LogP contribution in [0.3, 0.4) is 0 Å². The monoisotopic (exact) mass is 383 g/mol. The average molecular weight is 383 g/mol. The van der Waals surface area contributed by atoms with Gasteiger partial charge in [-0.25, -0.2) is 0 Å². The second-order valence-corrected chi connectivity index (χ2v) is 5.81. The Morgan fingerprint density at radius 1 is 1.18 bits per heavy atom. The van der Waals surface area contributed by atoms with Gasteiger partial charge in [0.2, 0.25) is 0 Å². The van der Waals surface area contributed by atoms with Crippen molar-refractivity contribution in [2.75, 3.05) is 27.9 Å². The van der Waals surface area contributed by atoms with Crippen LogP contribution in [-0.4, -0.2) is 45.2 Å². The molecular formula is C20H21N3O5. The highest BCUT2D eigenvalue weighted by Crippen LogP contribution is 2.30. The number of nitrogens with zero attached hydrogens (tertiary/aromatic N) is 2. The number of nitrogens with one attached hydrogen (secondary N) is 1. The van der Waals surface area contributed by atoms with E-state index in [2.05, 4.69) is 15.6 Å². The predicted octanol–water partition coefficient (Wildman–Crippen LogP) is 2.10. The summed E-state index contributed by atoms with van der Waals surface area (Å²) in [4.78, 5) is 21.8. The molecule has 0 aromatic heterocycles. The zero-order valence-corrected chi connectivity index (χ0v) is 15.9. The highest BCUT2D eigenvalue weighted by molar-refractivity contribution is 6.45. The van der Waals surface area contributed by atoms with E-state index in [-0.39, 0.29) is 18.2 Å². The van der Waals surface area contributed by atoms with E-state index in [0.29, 0.717) is 23.7 Å². The van der Waals surface area contributed by atoms with Crippen molar-refractivity contribution >= 4 is 17.3 Å². The zero-order chi connectivity index (χ0) is 19.9. The van der Waals surface area contributed by atoms with E-state index in [4.69, 9.17) is 19.1 Å². The molecule has 1 N–H and O–H groups in total. The van der Waals surface area contributed by atoms with E-state index in [1.807, 2.05) is 30.3 Å². The Morgan fingerprint density at radius 3 is 2.75 bits per heavy atom. The van der Waals surface area contributed by atoms with Crippen molar-refractivity contribution in [2.24, 2.45) is 10.3 Å². The van der Waals surface area contributed by atoms with Crippen molar-refractivity contribution in [3.63, 3.8) is 0 Å². The van der Waals surface area contributed by atoms with Crippen molar-refractivity contribution in [3.8, 4) is 11.5 Å². The summed E-state index contributed by atoms with van der Waals surface area (Å²) in [6.45, 7) is 0.603. The third-order valence-corrected chi connectivity index (χ3v) is 4.12. The highest BCUT2D eigenvalue weighted by atomic mass is 16.6. The maximum Gasteiger partial charge on any atom is 0.273 e. The lowest BCUT2D eigenvalue weighted by molar-refractivity contribution is -0.114. The number of hydrogen-bond donors (Lipinski definition) is 1. The number of likely N-dealkylation sites (N-methyl/N-ethyl adjacent to an activating group) is 1. The molecule has 3 rings (SSSR count). The summed E-state index contributed by atoms with van der Waals surface area (Å²) in [5, 5.41) is 10.4. The van der Waals surface area contributed by atoms with E-state index in [1.165, 1.54) is 21.3 Å². The van der Waals surface area contributed by atoms with Gasteiger partial charge in [-0.15, -0.1) is 0 Å². The number of carbonyl (C=O) groups is 1. The highest BCUT2D eigenvalue weighted by Gasteiger charge is 2.21. The molecule has 8 nitrogen and oxygen atoms in total. The van der Waals surface area contributed by atoms with Crippen LogP contribution in [0.5, 0.6) is 11.5 Å². The Kier molecular flexibility index (Phi) is 6.11. The number of oxime groups is 2. The molecule has 1 aliphatic heterocycles. The van der Waals surface area contributed by atoms with Crippen LogP contribution in [0.2, 0.25) is 0 Å². The van der Waals surface area contributed by atoms with Crippen LogP contribution < -0.4 is 14.8 Å². The molecule has 0 bridgehead atoms. The summed E-state index contributed by atoms with van der Waals surface area (Å²) >= 11 is 0. The lowest BCUT2D eigenvalue weighted by Gasteiger charge is -2.12. The van der Waals surface area contributed by atoms with Crippen LogP contribution in [0.1, 0.15) is 16.7 Å². The van der Waals surface area contributed by atoms with Crippen LogP contribution in [0.4, 0.5) is 0 Å². The number of amides is 1. The maximum absolute atomic E-state index is 12.1. The maximum atomic E-state index is 12.1. The summed E-state index contributed by atoms with van der Waals surface area (Å²) in [5.41, 5.74) is 3.23. The van der Waals surface area contributed by atoms with Crippen molar-refractivity contribution < 1.29 is 23.9 Å². The molecule has 0 aliphatic carbocycles. The molecule has 0 saturated heterocycles.